The Morgan fingerprint density at radius 3 is 2.70 bits per heavy atom. The van der Waals surface area contributed by atoms with Crippen molar-refractivity contribution < 1.29 is 8.42 Å². The zero-order chi connectivity index (χ0) is 19.3. The van der Waals surface area contributed by atoms with Gasteiger partial charge in [0.05, 0.1) is 17.4 Å². The summed E-state index contributed by atoms with van der Waals surface area (Å²) < 4.78 is 27.7. The Kier molecular flexibility index (Phi) is 6.27. The highest BCUT2D eigenvalue weighted by Gasteiger charge is 2.23. The molecular weight excluding hydrogens is 358 g/mol. The number of benzene rings is 2. The zero-order valence-electron chi connectivity index (χ0n) is 15.6. The molecule has 1 heterocycles. The highest BCUT2D eigenvalue weighted by atomic mass is 32.2. The van der Waals surface area contributed by atoms with Crippen LogP contribution in [-0.2, 0) is 28.7 Å². The van der Waals surface area contributed by atoms with E-state index in [4.69, 9.17) is 5.26 Å². The van der Waals surface area contributed by atoms with Crippen LogP contribution >= 0.6 is 0 Å². The van der Waals surface area contributed by atoms with Gasteiger partial charge in [-0.15, -0.1) is 0 Å². The summed E-state index contributed by atoms with van der Waals surface area (Å²) in [5.41, 5.74) is 3.82. The van der Waals surface area contributed by atoms with Gasteiger partial charge in [0, 0.05) is 25.7 Å². The Hall–Kier alpha value is -2.20. The summed E-state index contributed by atoms with van der Waals surface area (Å²) in [6.45, 7) is 4.30. The van der Waals surface area contributed by atoms with Crippen LogP contribution in [0, 0.1) is 11.3 Å². The Balaban J connectivity index is 1.61. The molecule has 0 spiro atoms. The molecule has 2 aromatic rings. The summed E-state index contributed by atoms with van der Waals surface area (Å²) in [7, 11) is -3.45. The van der Waals surface area contributed by atoms with Gasteiger partial charge in [0.2, 0.25) is 10.0 Å². The maximum Gasteiger partial charge on any atom is 0.215 e. The minimum atomic E-state index is -3.45. The number of nitrogens with one attached hydrogen (secondary N) is 1. The predicted molar refractivity (Wildman–Crippen MR) is 106 cm³/mol. The van der Waals surface area contributed by atoms with Crippen LogP contribution < -0.4 is 4.72 Å². The minimum Gasteiger partial charge on any atom is -0.295 e. The van der Waals surface area contributed by atoms with Crippen LogP contribution in [0.3, 0.4) is 0 Å². The van der Waals surface area contributed by atoms with Crippen molar-refractivity contribution in [2.75, 3.05) is 13.1 Å². The molecule has 142 valence electrons. The van der Waals surface area contributed by atoms with Gasteiger partial charge in [-0.25, -0.2) is 13.1 Å². The molecular formula is C21H25N3O2S. The maximum absolute atomic E-state index is 12.5. The lowest BCUT2D eigenvalue weighted by atomic mass is 9.98. The van der Waals surface area contributed by atoms with Crippen LogP contribution in [0.25, 0.3) is 0 Å². The standard InChI is InChI=1S/C21H25N3O2S/c1-2-21(24-11-10-19-8-3-4-9-20(19)15-24)14-23-27(25,26)16-18-7-5-6-17(12-18)13-22/h3-9,12,21,23H,2,10-11,14-16H2,1H3/t21-/m1/s1. The Bertz CT molecular complexity index is 934. The first kappa shape index (κ1) is 19.6. The molecule has 1 aliphatic heterocycles. The van der Waals surface area contributed by atoms with Crippen molar-refractivity contribution in [2.24, 2.45) is 0 Å². The lowest BCUT2D eigenvalue weighted by molar-refractivity contribution is 0.175. The third-order valence-corrected chi connectivity index (χ3v) is 6.42. The molecule has 1 N–H and O–H groups in total. The summed E-state index contributed by atoms with van der Waals surface area (Å²) in [5, 5.41) is 8.96. The predicted octanol–water partition coefficient (Wildman–Crippen LogP) is 2.81. The average molecular weight is 384 g/mol. The van der Waals surface area contributed by atoms with Crippen molar-refractivity contribution in [3.8, 4) is 6.07 Å². The van der Waals surface area contributed by atoms with Gasteiger partial charge in [-0.3, -0.25) is 4.90 Å². The normalized spacial score (nSPS) is 15.7. The Morgan fingerprint density at radius 2 is 1.96 bits per heavy atom. The zero-order valence-corrected chi connectivity index (χ0v) is 16.4. The van der Waals surface area contributed by atoms with Gasteiger partial charge >= 0.3 is 0 Å². The van der Waals surface area contributed by atoms with E-state index in [1.165, 1.54) is 11.1 Å². The fraction of sp³-hybridized carbons (Fsp3) is 0.381. The molecule has 5 nitrogen and oxygen atoms in total. The van der Waals surface area contributed by atoms with Gasteiger partial charge < -0.3 is 0 Å². The molecule has 27 heavy (non-hydrogen) atoms. The molecule has 0 fully saturated rings. The summed E-state index contributed by atoms with van der Waals surface area (Å²) in [5.74, 6) is -0.109. The second-order valence-electron chi connectivity index (χ2n) is 6.97. The fourth-order valence-corrected chi connectivity index (χ4v) is 4.75. The lowest BCUT2D eigenvalue weighted by Crippen LogP contribution is -2.45. The summed E-state index contributed by atoms with van der Waals surface area (Å²) >= 11 is 0. The fourth-order valence-electron chi connectivity index (χ4n) is 3.59. The van der Waals surface area contributed by atoms with Crippen LogP contribution in [0.15, 0.2) is 48.5 Å². The molecule has 0 amide bonds. The third kappa shape index (κ3) is 5.16. The van der Waals surface area contributed by atoms with E-state index in [2.05, 4.69) is 40.8 Å². The number of nitrogens with zero attached hydrogens (tertiary/aromatic N) is 2. The van der Waals surface area contributed by atoms with Crippen LogP contribution in [0.5, 0.6) is 0 Å². The third-order valence-electron chi connectivity index (χ3n) is 5.10. The molecule has 1 aliphatic rings. The molecule has 0 saturated heterocycles. The van der Waals surface area contributed by atoms with E-state index >= 15 is 0 Å². The van der Waals surface area contributed by atoms with E-state index in [1.807, 2.05) is 6.07 Å². The van der Waals surface area contributed by atoms with Crippen molar-refractivity contribution in [1.82, 2.24) is 9.62 Å². The van der Waals surface area contributed by atoms with E-state index in [1.54, 1.807) is 24.3 Å². The van der Waals surface area contributed by atoms with Crippen LogP contribution in [0.1, 0.15) is 35.6 Å². The van der Waals surface area contributed by atoms with Gasteiger partial charge in [0.15, 0.2) is 0 Å². The van der Waals surface area contributed by atoms with Gasteiger partial charge in [-0.1, -0.05) is 43.3 Å². The number of sulfonamides is 1. The van der Waals surface area contributed by atoms with Crippen molar-refractivity contribution in [1.29, 1.82) is 5.26 Å². The first-order valence-corrected chi connectivity index (χ1v) is 10.9. The summed E-state index contributed by atoms with van der Waals surface area (Å²) in [4.78, 5) is 2.36. The summed E-state index contributed by atoms with van der Waals surface area (Å²) in [6, 6.07) is 17.4. The first-order chi connectivity index (χ1) is 13.0. The largest absolute Gasteiger partial charge is 0.295 e. The molecule has 0 aromatic heterocycles. The maximum atomic E-state index is 12.5. The first-order valence-electron chi connectivity index (χ1n) is 9.28. The van der Waals surface area contributed by atoms with Crippen molar-refractivity contribution in [3.05, 3.63) is 70.8 Å². The van der Waals surface area contributed by atoms with Gasteiger partial charge in [0.1, 0.15) is 0 Å². The Labute approximate surface area is 161 Å². The lowest BCUT2D eigenvalue weighted by Gasteiger charge is -2.35. The van der Waals surface area contributed by atoms with E-state index in [0.29, 0.717) is 17.7 Å². The number of fused-ring (bicyclic) bond motifs is 1. The van der Waals surface area contributed by atoms with E-state index in [0.717, 1.165) is 25.9 Å². The van der Waals surface area contributed by atoms with Gasteiger partial charge in [0.25, 0.3) is 0 Å². The molecule has 0 radical (unpaired) electrons. The highest BCUT2D eigenvalue weighted by Crippen LogP contribution is 2.21. The van der Waals surface area contributed by atoms with E-state index < -0.39 is 10.0 Å². The van der Waals surface area contributed by atoms with Gasteiger partial charge in [-0.05, 0) is 41.7 Å². The van der Waals surface area contributed by atoms with Crippen molar-refractivity contribution >= 4 is 10.0 Å². The molecule has 0 aliphatic carbocycles. The molecule has 2 aromatic carbocycles. The van der Waals surface area contributed by atoms with Crippen molar-refractivity contribution in [2.45, 2.75) is 38.1 Å². The number of hydrogen-bond acceptors (Lipinski definition) is 4. The van der Waals surface area contributed by atoms with E-state index in [-0.39, 0.29) is 11.8 Å². The van der Waals surface area contributed by atoms with Crippen molar-refractivity contribution in [3.63, 3.8) is 0 Å². The molecule has 1 atom stereocenters. The smallest absolute Gasteiger partial charge is 0.215 e. The van der Waals surface area contributed by atoms with E-state index in [9.17, 15) is 8.42 Å². The number of nitriles is 1. The number of rotatable bonds is 7. The van der Waals surface area contributed by atoms with Crippen LogP contribution in [0.4, 0.5) is 0 Å². The SMILES string of the molecule is CC[C@H](CNS(=O)(=O)Cc1cccc(C#N)c1)N1CCc2ccccc2C1. The van der Waals surface area contributed by atoms with Gasteiger partial charge in [-0.2, -0.15) is 5.26 Å². The molecule has 0 bridgehead atoms. The second kappa shape index (κ2) is 8.66. The summed E-state index contributed by atoms with van der Waals surface area (Å²) in [6.07, 6.45) is 1.88. The highest BCUT2D eigenvalue weighted by molar-refractivity contribution is 7.88. The second-order valence-corrected chi connectivity index (χ2v) is 8.78. The molecule has 0 unspecified atom stereocenters. The topological polar surface area (TPSA) is 73.2 Å². The van der Waals surface area contributed by atoms with Crippen LogP contribution in [0.2, 0.25) is 0 Å². The monoisotopic (exact) mass is 383 g/mol. The molecule has 6 heteroatoms. The minimum absolute atomic E-state index is 0.109. The number of hydrogen-bond donors (Lipinski definition) is 1. The Morgan fingerprint density at radius 1 is 1.19 bits per heavy atom. The quantitative estimate of drug-likeness (QED) is 0.798. The molecule has 3 rings (SSSR count). The average Bonchev–Trinajstić information content (AvgIpc) is 2.68. The molecule has 0 saturated carbocycles. The van der Waals surface area contributed by atoms with Crippen LogP contribution in [-0.4, -0.2) is 32.4 Å².